The molecule has 152 valence electrons. The third-order valence-electron chi connectivity index (χ3n) is 5.67. The number of aryl methyl sites for hydroxylation is 1. The van der Waals surface area contributed by atoms with Crippen molar-refractivity contribution in [1.29, 1.82) is 0 Å². The number of nitrogens with one attached hydrogen (secondary N) is 1. The van der Waals surface area contributed by atoms with Crippen LogP contribution in [0.3, 0.4) is 0 Å². The summed E-state index contributed by atoms with van der Waals surface area (Å²) < 4.78 is 0. The van der Waals surface area contributed by atoms with E-state index in [1.54, 1.807) is 12.1 Å². The van der Waals surface area contributed by atoms with Crippen molar-refractivity contribution in [3.63, 3.8) is 0 Å². The number of halogens is 1. The Kier molecular flexibility index (Phi) is 5.74. The SMILES string of the molecule is Cc1cccc(N2CCN(C(=O)C[C@H]3Sc4ccc(Cl)cc4NC3=O)CC2)c1C. The van der Waals surface area contributed by atoms with Crippen molar-refractivity contribution in [3.8, 4) is 0 Å². The van der Waals surface area contributed by atoms with E-state index in [0.29, 0.717) is 18.1 Å². The number of hydrogen-bond donors (Lipinski definition) is 1. The Morgan fingerprint density at radius 2 is 1.93 bits per heavy atom. The second kappa shape index (κ2) is 8.28. The molecule has 0 saturated carbocycles. The summed E-state index contributed by atoms with van der Waals surface area (Å²) in [6.07, 6.45) is 0.210. The van der Waals surface area contributed by atoms with Crippen LogP contribution in [0.15, 0.2) is 41.3 Å². The highest BCUT2D eigenvalue weighted by atomic mass is 35.5. The third-order valence-corrected chi connectivity index (χ3v) is 7.18. The maximum Gasteiger partial charge on any atom is 0.238 e. The van der Waals surface area contributed by atoms with Crippen LogP contribution >= 0.6 is 23.4 Å². The summed E-state index contributed by atoms with van der Waals surface area (Å²) in [5, 5.41) is 3.05. The highest BCUT2D eigenvalue weighted by molar-refractivity contribution is 8.01. The maximum atomic E-state index is 12.8. The van der Waals surface area contributed by atoms with Gasteiger partial charge in [0.2, 0.25) is 11.8 Å². The average molecular weight is 430 g/mol. The van der Waals surface area contributed by atoms with Crippen LogP contribution in [0.4, 0.5) is 11.4 Å². The number of thioether (sulfide) groups is 1. The zero-order chi connectivity index (χ0) is 20.5. The molecule has 0 aromatic heterocycles. The lowest BCUT2D eigenvalue weighted by Gasteiger charge is -2.37. The van der Waals surface area contributed by atoms with Crippen molar-refractivity contribution in [1.82, 2.24) is 4.90 Å². The van der Waals surface area contributed by atoms with Gasteiger partial charge in [0.15, 0.2) is 0 Å². The Bertz CT molecular complexity index is 957. The molecule has 0 bridgehead atoms. The Morgan fingerprint density at radius 1 is 1.17 bits per heavy atom. The highest BCUT2D eigenvalue weighted by Crippen LogP contribution is 2.38. The lowest BCUT2D eigenvalue weighted by atomic mass is 10.1. The number of carbonyl (C=O) groups excluding carboxylic acids is 2. The molecule has 1 saturated heterocycles. The van der Waals surface area contributed by atoms with E-state index in [0.717, 1.165) is 23.7 Å². The van der Waals surface area contributed by atoms with Crippen LogP contribution in [0.1, 0.15) is 17.5 Å². The summed E-state index contributed by atoms with van der Waals surface area (Å²) in [6.45, 7) is 7.24. The molecule has 1 N–H and O–H groups in total. The van der Waals surface area contributed by atoms with Gasteiger partial charge in [-0.3, -0.25) is 9.59 Å². The smallest absolute Gasteiger partial charge is 0.238 e. The molecule has 1 fully saturated rings. The standard InChI is InChI=1S/C22H24ClN3O2S/c1-14-4-3-5-18(15(14)2)25-8-10-26(11-9-25)21(27)13-20-22(28)24-17-12-16(23)6-7-19(17)29-20/h3-7,12,20H,8-11,13H2,1-2H3,(H,24,28)/t20-/m1/s1. The minimum atomic E-state index is -0.409. The molecule has 0 unspecified atom stereocenters. The zero-order valence-corrected chi connectivity index (χ0v) is 18.1. The first-order valence-electron chi connectivity index (χ1n) is 9.78. The van der Waals surface area contributed by atoms with E-state index < -0.39 is 5.25 Å². The number of carbonyl (C=O) groups is 2. The van der Waals surface area contributed by atoms with Gasteiger partial charge in [-0.15, -0.1) is 11.8 Å². The summed E-state index contributed by atoms with van der Waals surface area (Å²) in [6, 6.07) is 11.8. The van der Waals surface area contributed by atoms with E-state index in [4.69, 9.17) is 11.6 Å². The first-order chi connectivity index (χ1) is 13.9. The molecule has 0 spiro atoms. The van der Waals surface area contributed by atoms with Crippen LogP contribution in [0.25, 0.3) is 0 Å². The number of benzene rings is 2. The summed E-state index contributed by atoms with van der Waals surface area (Å²) in [7, 11) is 0. The van der Waals surface area contributed by atoms with Gasteiger partial charge in [-0.05, 0) is 49.2 Å². The topological polar surface area (TPSA) is 52.6 Å². The van der Waals surface area contributed by atoms with Crippen molar-refractivity contribution < 1.29 is 9.59 Å². The molecule has 0 aliphatic carbocycles. The highest BCUT2D eigenvalue weighted by Gasteiger charge is 2.31. The number of anilines is 2. The van der Waals surface area contributed by atoms with Crippen LogP contribution in [0, 0.1) is 13.8 Å². The number of fused-ring (bicyclic) bond motifs is 1. The average Bonchev–Trinajstić information content (AvgIpc) is 2.71. The summed E-state index contributed by atoms with van der Waals surface area (Å²) in [5.74, 6) is -0.0946. The number of hydrogen-bond acceptors (Lipinski definition) is 4. The van der Waals surface area contributed by atoms with Crippen molar-refractivity contribution >= 4 is 46.6 Å². The lowest BCUT2D eigenvalue weighted by Crippen LogP contribution is -2.50. The summed E-state index contributed by atoms with van der Waals surface area (Å²) in [5.41, 5.74) is 4.54. The van der Waals surface area contributed by atoms with Crippen LogP contribution in [0.5, 0.6) is 0 Å². The minimum absolute atomic E-state index is 0.0377. The van der Waals surface area contributed by atoms with Gasteiger partial charge < -0.3 is 15.1 Å². The maximum absolute atomic E-state index is 12.8. The van der Waals surface area contributed by atoms with Crippen molar-refractivity contribution in [2.75, 3.05) is 36.4 Å². The quantitative estimate of drug-likeness (QED) is 0.797. The van der Waals surface area contributed by atoms with Gasteiger partial charge in [-0.1, -0.05) is 23.7 Å². The van der Waals surface area contributed by atoms with E-state index >= 15 is 0 Å². The number of nitrogens with zero attached hydrogens (tertiary/aromatic N) is 2. The van der Waals surface area contributed by atoms with Crippen LogP contribution < -0.4 is 10.2 Å². The van der Waals surface area contributed by atoms with Crippen LogP contribution in [0.2, 0.25) is 5.02 Å². The van der Waals surface area contributed by atoms with Crippen LogP contribution in [-0.4, -0.2) is 48.1 Å². The van der Waals surface area contributed by atoms with Gasteiger partial charge in [0, 0.05) is 48.2 Å². The van der Waals surface area contributed by atoms with Gasteiger partial charge in [0.05, 0.1) is 10.9 Å². The largest absolute Gasteiger partial charge is 0.368 e. The van der Waals surface area contributed by atoms with Crippen molar-refractivity contribution in [3.05, 3.63) is 52.5 Å². The van der Waals surface area contributed by atoms with Gasteiger partial charge >= 0.3 is 0 Å². The molecule has 0 radical (unpaired) electrons. The lowest BCUT2D eigenvalue weighted by molar-refractivity contribution is -0.132. The first-order valence-corrected chi connectivity index (χ1v) is 11.0. The van der Waals surface area contributed by atoms with E-state index in [1.165, 1.54) is 28.6 Å². The fraction of sp³-hybridized carbons (Fsp3) is 0.364. The van der Waals surface area contributed by atoms with Crippen molar-refractivity contribution in [2.24, 2.45) is 0 Å². The van der Waals surface area contributed by atoms with E-state index in [9.17, 15) is 9.59 Å². The predicted octanol–water partition coefficient (Wildman–Crippen LogP) is 4.11. The molecule has 7 heteroatoms. The van der Waals surface area contributed by atoms with Gasteiger partial charge in [0.1, 0.15) is 0 Å². The fourth-order valence-electron chi connectivity index (χ4n) is 3.82. The van der Waals surface area contributed by atoms with Gasteiger partial charge in [-0.2, -0.15) is 0 Å². The minimum Gasteiger partial charge on any atom is -0.368 e. The number of piperazine rings is 1. The number of amides is 2. The zero-order valence-electron chi connectivity index (χ0n) is 16.6. The molecular formula is C22H24ClN3O2S. The van der Waals surface area contributed by atoms with E-state index in [-0.39, 0.29) is 18.2 Å². The number of rotatable bonds is 3. The second-order valence-corrected chi connectivity index (χ2v) is 9.21. The van der Waals surface area contributed by atoms with Gasteiger partial charge in [-0.25, -0.2) is 0 Å². The molecule has 2 aromatic rings. The molecular weight excluding hydrogens is 406 g/mol. The molecule has 2 aromatic carbocycles. The molecule has 2 aliphatic rings. The first kappa shape index (κ1) is 20.1. The van der Waals surface area contributed by atoms with Crippen LogP contribution in [-0.2, 0) is 9.59 Å². The molecule has 29 heavy (non-hydrogen) atoms. The Balaban J connectivity index is 1.36. The summed E-state index contributed by atoms with van der Waals surface area (Å²) in [4.78, 5) is 30.4. The monoisotopic (exact) mass is 429 g/mol. The van der Waals surface area contributed by atoms with Crippen molar-refractivity contribution in [2.45, 2.75) is 30.4 Å². The normalized spacial score (nSPS) is 19.0. The predicted molar refractivity (Wildman–Crippen MR) is 119 cm³/mol. The Hall–Kier alpha value is -2.18. The molecule has 5 nitrogen and oxygen atoms in total. The Labute approximate surface area is 180 Å². The second-order valence-electron chi connectivity index (χ2n) is 7.53. The molecule has 2 amide bonds. The molecule has 2 heterocycles. The molecule has 4 rings (SSSR count). The third kappa shape index (κ3) is 4.23. The molecule has 2 aliphatic heterocycles. The van der Waals surface area contributed by atoms with Gasteiger partial charge in [0.25, 0.3) is 0 Å². The molecule has 1 atom stereocenters. The fourth-order valence-corrected chi connectivity index (χ4v) is 5.07. The van der Waals surface area contributed by atoms with E-state index in [2.05, 4.69) is 42.3 Å². The Morgan fingerprint density at radius 3 is 2.69 bits per heavy atom. The van der Waals surface area contributed by atoms with E-state index in [1.807, 2.05) is 11.0 Å². The summed E-state index contributed by atoms with van der Waals surface area (Å²) >= 11 is 7.43.